The van der Waals surface area contributed by atoms with Gasteiger partial charge in [0, 0.05) is 31.5 Å². The summed E-state index contributed by atoms with van der Waals surface area (Å²) in [7, 11) is -4.45. The molecule has 1 aliphatic carbocycles. The Morgan fingerprint density at radius 1 is 1.43 bits per heavy atom. The summed E-state index contributed by atoms with van der Waals surface area (Å²) in [5.41, 5.74) is -5.48. The predicted molar refractivity (Wildman–Crippen MR) is 97.7 cm³/mol. The van der Waals surface area contributed by atoms with Gasteiger partial charge < -0.3 is 14.8 Å². The van der Waals surface area contributed by atoms with E-state index in [2.05, 4.69) is 15.0 Å². The molecule has 1 aromatic rings. The van der Waals surface area contributed by atoms with E-state index in [0.717, 1.165) is 7.11 Å². The Hall–Kier alpha value is -2.43. The second kappa shape index (κ2) is 9.15. The SMILES string of the molecule is COCN(CCCOc1cc(C(=O)NC2(C#N)CC2)c(C)cn1)S(=O)(=O)C(F)(F)F. The number of methoxy groups -OCH3 is 1. The summed E-state index contributed by atoms with van der Waals surface area (Å²) in [6.45, 7) is 0.268. The number of sulfonamides is 1. The molecule has 0 bridgehead atoms. The maximum Gasteiger partial charge on any atom is 0.511 e. The first-order chi connectivity index (χ1) is 14.0. The number of hydrogen-bond donors (Lipinski definition) is 1. The van der Waals surface area contributed by atoms with Gasteiger partial charge in [0.05, 0.1) is 12.7 Å². The number of hydrogen-bond acceptors (Lipinski definition) is 7. The van der Waals surface area contributed by atoms with E-state index in [1.165, 1.54) is 12.3 Å². The fourth-order valence-electron chi connectivity index (χ4n) is 2.46. The molecule has 0 aromatic carbocycles. The van der Waals surface area contributed by atoms with Gasteiger partial charge in [-0.15, -0.1) is 0 Å². The molecule has 0 saturated heterocycles. The van der Waals surface area contributed by atoms with E-state index < -0.39 is 40.3 Å². The minimum Gasteiger partial charge on any atom is -0.478 e. The lowest BCUT2D eigenvalue weighted by Crippen LogP contribution is -2.42. The summed E-state index contributed by atoms with van der Waals surface area (Å²) in [5.74, 6) is -0.411. The number of alkyl halides is 3. The maximum atomic E-state index is 12.7. The van der Waals surface area contributed by atoms with Crippen molar-refractivity contribution < 1.29 is 35.9 Å². The molecule has 0 spiro atoms. The number of pyridine rings is 1. The summed E-state index contributed by atoms with van der Waals surface area (Å²) in [4.78, 5) is 16.4. The molecule has 0 radical (unpaired) electrons. The van der Waals surface area contributed by atoms with Crippen LogP contribution in [0, 0.1) is 18.3 Å². The molecular formula is C17H21F3N4O5S. The molecule has 1 aliphatic rings. The Labute approximate surface area is 171 Å². The van der Waals surface area contributed by atoms with Crippen LogP contribution in [0.5, 0.6) is 5.88 Å². The van der Waals surface area contributed by atoms with Crippen LogP contribution >= 0.6 is 0 Å². The summed E-state index contributed by atoms with van der Waals surface area (Å²) in [5, 5.41) is 11.7. The van der Waals surface area contributed by atoms with E-state index in [9.17, 15) is 26.4 Å². The highest BCUT2D eigenvalue weighted by molar-refractivity contribution is 7.89. The molecule has 0 atom stereocenters. The molecule has 2 rings (SSSR count). The van der Waals surface area contributed by atoms with E-state index in [-0.39, 0.29) is 28.8 Å². The quantitative estimate of drug-likeness (QED) is 0.425. The zero-order valence-corrected chi connectivity index (χ0v) is 17.1. The van der Waals surface area contributed by atoms with Crippen molar-refractivity contribution in [3.63, 3.8) is 0 Å². The molecule has 0 unspecified atom stereocenters. The first kappa shape index (κ1) is 23.8. The van der Waals surface area contributed by atoms with Crippen molar-refractivity contribution in [1.29, 1.82) is 5.26 Å². The predicted octanol–water partition coefficient (Wildman–Crippen LogP) is 1.70. The number of halogens is 3. The third-order valence-corrected chi connectivity index (χ3v) is 5.90. The fraction of sp³-hybridized carbons (Fsp3) is 0.588. The Balaban J connectivity index is 1.96. The van der Waals surface area contributed by atoms with Crippen molar-refractivity contribution in [2.75, 3.05) is 27.0 Å². The highest BCUT2D eigenvalue weighted by Crippen LogP contribution is 2.34. The van der Waals surface area contributed by atoms with Crippen molar-refractivity contribution in [3.05, 3.63) is 23.4 Å². The standard InChI is InChI=1S/C17H21F3N4O5S/c1-12-9-22-14(8-13(12)15(25)23-16(10-21)4-5-16)29-7-3-6-24(11-28-2)30(26,27)17(18,19)20/h8-9H,3-7,11H2,1-2H3,(H,23,25). The highest BCUT2D eigenvalue weighted by Gasteiger charge is 2.49. The second-order valence-corrected chi connectivity index (χ2v) is 8.66. The number of aryl methyl sites for hydroxylation is 1. The number of amides is 1. The number of nitrogens with one attached hydrogen (secondary N) is 1. The topological polar surface area (TPSA) is 122 Å². The Morgan fingerprint density at radius 3 is 2.63 bits per heavy atom. The van der Waals surface area contributed by atoms with Crippen molar-refractivity contribution >= 4 is 15.9 Å². The fourth-order valence-corrected chi connectivity index (χ4v) is 3.37. The zero-order chi connectivity index (χ0) is 22.6. The van der Waals surface area contributed by atoms with E-state index in [0.29, 0.717) is 18.4 Å². The molecule has 166 valence electrons. The van der Waals surface area contributed by atoms with Crippen LogP contribution in [-0.4, -0.2) is 61.7 Å². The highest BCUT2D eigenvalue weighted by atomic mass is 32.2. The van der Waals surface area contributed by atoms with Crippen LogP contribution in [0.4, 0.5) is 13.2 Å². The molecule has 1 heterocycles. The summed E-state index contributed by atoms with van der Waals surface area (Å²) in [6, 6.07) is 3.41. The lowest BCUT2D eigenvalue weighted by molar-refractivity contribution is -0.0522. The molecule has 13 heteroatoms. The molecule has 1 amide bonds. The van der Waals surface area contributed by atoms with Gasteiger partial charge >= 0.3 is 15.5 Å². The van der Waals surface area contributed by atoms with Crippen LogP contribution in [0.15, 0.2) is 12.3 Å². The van der Waals surface area contributed by atoms with Gasteiger partial charge in [-0.2, -0.15) is 22.7 Å². The van der Waals surface area contributed by atoms with Crippen LogP contribution in [0.1, 0.15) is 35.2 Å². The van der Waals surface area contributed by atoms with Crippen molar-refractivity contribution in [3.8, 4) is 11.9 Å². The number of ether oxygens (including phenoxy) is 2. The summed E-state index contributed by atoms with van der Waals surface area (Å²) >= 11 is 0. The third-order valence-electron chi connectivity index (χ3n) is 4.35. The zero-order valence-electron chi connectivity index (χ0n) is 16.3. The van der Waals surface area contributed by atoms with E-state index in [1.54, 1.807) is 6.92 Å². The lowest BCUT2D eigenvalue weighted by atomic mass is 10.1. The number of carbonyl (C=O) groups is 1. The lowest BCUT2D eigenvalue weighted by Gasteiger charge is -2.22. The number of nitrogens with zero attached hydrogens (tertiary/aromatic N) is 3. The van der Waals surface area contributed by atoms with E-state index in [4.69, 9.17) is 10.00 Å². The number of nitriles is 1. The van der Waals surface area contributed by atoms with Gasteiger partial charge in [0.2, 0.25) is 5.88 Å². The maximum absolute atomic E-state index is 12.7. The number of carbonyl (C=O) groups excluding carboxylic acids is 1. The van der Waals surface area contributed by atoms with Crippen LogP contribution in [-0.2, 0) is 14.8 Å². The summed E-state index contributed by atoms with van der Waals surface area (Å²) in [6.07, 6.45) is 2.46. The molecule has 1 aromatic heterocycles. The molecule has 9 nitrogen and oxygen atoms in total. The van der Waals surface area contributed by atoms with Gasteiger partial charge in [-0.1, -0.05) is 0 Å². The molecule has 1 saturated carbocycles. The third kappa shape index (κ3) is 5.59. The van der Waals surface area contributed by atoms with Crippen LogP contribution in [0.25, 0.3) is 0 Å². The largest absolute Gasteiger partial charge is 0.511 e. The summed E-state index contributed by atoms with van der Waals surface area (Å²) < 4.78 is 71.2. The van der Waals surface area contributed by atoms with Crippen molar-refractivity contribution in [2.24, 2.45) is 0 Å². The molecule has 1 N–H and O–H groups in total. The van der Waals surface area contributed by atoms with Gasteiger partial charge in [-0.3, -0.25) is 4.79 Å². The van der Waals surface area contributed by atoms with Gasteiger partial charge in [0.1, 0.15) is 12.3 Å². The first-order valence-electron chi connectivity index (χ1n) is 8.84. The van der Waals surface area contributed by atoms with Crippen molar-refractivity contribution in [2.45, 2.75) is 37.2 Å². The normalized spacial score (nSPS) is 15.5. The smallest absolute Gasteiger partial charge is 0.478 e. The van der Waals surface area contributed by atoms with Crippen LogP contribution in [0.2, 0.25) is 0 Å². The van der Waals surface area contributed by atoms with Crippen LogP contribution < -0.4 is 10.1 Å². The first-order valence-corrected chi connectivity index (χ1v) is 10.3. The minimum absolute atomic E-state index is 0.0459. The van der Waals surface area contributed by atoms with Gasteiger partial charge in [-0.05, 0) is 31.7 Å². The average molecular weight is 450 g/mol. The Bertz CT molecular complexity index is 926. The minimum atomic E-state index is -5.53. The number of aromatic nitrogens is 1. The molecule has 30 heavy (non-hydrogen) atoms. The van der Waals surface area contributed by atoms with E-state index in [1.807, 2.05) is 6.07 Å². The Morgan fingerprint density at radius 2 is 2.10 bits per heavy atom. The number of rotatable bonds is 10. The average Bonchev–Trinajstić information content (AvgIpc) is 3.44. The van der Waals surface area contributed by atoms with Gasteiger partial charge in [-0.25, -0.2) is 13.4 Å². The van der Waals surface area contributed by atoms with Gasteiger partial charge in [0.25, 0.3) is 5.91 Å². The Kier molecular flexibility index (Phi) is 7.27. The second-order valence-electron chi connectivity index (χ2n) is 6.73. The molecule has 0 aliphatic heterocycles. The van der Waals surface area contributed by atoms with Crippen LogP contribution in [0.3, 0.4) is 0 Å². The van der Waals surface area contributed by atoms with Gasteiger partial charge in [0.15, 0.2) is 0 Å². The van der Waals surface area contributed by atoms with E-state index >= 15 is 0 Å². The molecule has 1 fully saturated rings. The monoisotopic (exact) mass is 450 g/mol. The van der Waals surface area contributed by atoms with Crippen molar-refractivity contribution in [1.82, 2.24) is 14.6 Å². The molecular weight excluding hydrogens is 429 g/mol.